The number of hydrogen-bond acceptors (Lipinski definition) is 5. The Kier molecular flexibility index (Phi) is 8.00. The molecule has 2 aromatic carbocycles. The zero-order valence-electron chi connectivity index (χ0n) is 17.8. The van der Waals surface area contributed by atoms with Gasteiger partial charge in [-0.2, -0.15) is 0 Å². The van der Waals surface area contributed by atoms with Crippen LogP contribution in [0.2, 0.25) is 5.02 Å². The van der Waals surface area contributed by atoms with Crippen molar-refractivity contribution in [3.8, 4) is 17.2 Å². The molecule has 2 aromatic rings. The largest absolute Gasteiger partial charge is 0.490 e. The molecule has 166 valence electrons. The van der Waals surface area contributed by atoms with Crippen LogP contribution in [0, 0.1) is 0 Å². The highest BCUT2D eigenvalue weighted by atomic mass is 35.5. The molecule has 1 atom stereocenters. The maximum absolute atomic E-state index is 12.7. The van der Waals surface area contributed by atoms with Crippen LogP contribution in [0.3, 0.4) is 0 Å². The van der Waals surface area contributed by atoms with Gasteiger partial charge in [0.15, 0.2) is 24.2 Å². The zero-order chi connectivity index (χ0) is 22.2. The van der Waals surface area contributed by atoms with Gasteiger partial charge in [-0.05, 0) is 50.2 Å². The van der Waals surface area contributed by atoms with Crippen LogP contribution in [0.15, 0.2) is 48.5 Å². The average Bonchev–Trinajstić information content (AvgIpc) is 2.79. The summed E-state index contributed by atoms with van der Waals surface area (Å²) in [6.45, 7) is 5.87. The Morgan fingerprint density at radius 2 is 1.52 bits per heavy atom. The quantitative estimate of drug-likeness (QED) is 0.622. The molecule has 2 amide bonds. The molecule has 1 fully saturated rings. The minimum atomic E-state index is -0.623. The van der Waals surface area contributed by atoms with E-state index in [1.165, 1.54) is 0 Å². The summed E-state index contributed by atoms with van der Waals surface area (Å²) in [4.78, 5) is 28.7. The Hall–Kier alpha value is -2.93. The minimum Gasteiger partial charge on any atom is -0.490 e. The molecule has 8 heteroatoms. The average molecular weight is 447 g/mol. The van der Waals surface area contributed by atoms with Crippen LogP contribution < -0.4 is 14.2 Å². The minimum absolute atomic E-state index is 0.0753. The topological polar surface area (TPSA) is 68.3 Å². The van der Waals surface area contributed by atoms with Crippen LogP contribution in [0.4, 0.5) is 0 Å². The summed E-state index contributed by atoms with van der Waals surface area (Å²) in [5.74, 6) is 1.51. The van der Waals surface area contributed by atoms with Gasteiger partial charge >= 0.3 is 0 Å². The third-order valence-electron chi connectivity index (χ3n) is 4.92. The first-order chi connectivity index (χ1) is 15.0. The monoisotopic (exact) mass is 446 g/mol. The van der Waals surface area contributed by atoms with Gasteiger partial charge in [0, 0.05) is 31.2 Å². The lowest BCUT2D eigenvalue weighted by Crippen LogP contribution is -2.54. The van der Waals surface area contributed by atoms with Crippen molar-refractivity contribution in [3.63, 3.8) is 0 Å². The fraction of sp³-hybridized carbons (Fsp3) is 0.391. The van der Waals surface area contributed by atoms with Gasteiger partial charge in [0.25, 0.3) is 11.8 Å². The highest BCUT2D eigenvalue weighted by Gasteiger charge is 2.28. The molecule has 1 saturated heterocycles. The fourth-order valence-electron chi connectivity index (χ4n) is 3.28. The maximum atomic E-state index is 12.7. The Balaban J connectivity index is 1.45. The Morgan fingerprint density at radius 1 is 0.935 bits per heavy atom. The molecular weight excluding hydrogens is 420 g/mol. The highest BCUT2D eigenvalue weighted by molar-refractivity contribution is 6.30. The molecule has 0 N–H and O–H groups in total. The van der Waals surface area contributed by atoms with Crippen molar-refractivity contribution in [2.45, 2.75) is 20.0 Å². The lowest BCUT2D eigenvalue weighted by molar-refractivity contribution is -0.144. The second-order valence-corrected chi connectivity index (χ2v) is 7.52. The van der Waals surface area contributed by atoms with Crippen LogP contribution in [0.25, 0.3) is 0 Å². The zero-order valence-corrected chi connectivity index (χ0v) is 18.5. The number of hydrogen-bond donors (Lipinski definition) is 0. The normalized spacial score (nSPS) is 14.7. The van der Waals surface area contributed by atoms with Crippen molar-refractivity contribution in [1.29, 1.82) is 0 Å². The second-order valence-electron chi connectivity index (χ2n) is 7.09. The number of piperazine rings is 1. The van der Waals surface area contributed by atoms with Crippen molar-refractivity contribution >= 4 is 23.4 Å². The molecule has 0 radical (unpaired) electrons. The van der Waals surface area contributed by atoms with E-state index < -0.39 is 6.10 Å². The number of carbonyl (C=O) groups excluding carboxylic acids is 2. The Labute approximate surface area is 187 Å². The third-order valence-corrected chi connectivity index (χ3v) is 5.17. The standard InChI is InChI=1S/C23H27ClN2O5/c1-3-29-20-6-4-5-7-21(20)30-16-22(27)25-12-14-26(15-13-25)23(28)17(2)31-19-10-8-18(24)9-11-19/h4-11,17H,3,12-16H2,1-2H3. The van der Waals surface area contributed by atoms with E-state index in [9.17, 15) is 9.59 Å². The summed E-state index contributed by atoms with van der Waals surface area (Å²) in [5, 5.41) is 0.609. The predicted molar refractivity (Wildman–Crippen MR) is 118 cm³/mol. The van der Waals surface area contributed by atoms with Gasteiger partial charge in [-0.15, -0.1) is 0 Å². The number of halogens is 1. The number of benzene rings is 2. The number of para-hydroxylation sites is 2. The number of carbonyl (C=O) groups is 2. The van der Waals surface area contributed by atoms with Crippen molar-refractivity contribution in [2.75, 3.05) is 39.4 Å². The van der Waals surface area contributed by atoms with E-state index in [0.29, 0.717) is 55.1 Å². The van der Waals surface area contributed by atoms with Crippen molar-refractivity contribution in [2.24, 2.45) is 0 Å². The van der Waals surface area contributed by atoms with Crippen LogP contribution in [0.1, 0.15) is 13.8 Å². The summed E-state index contributed by atoms with van der Waals surface area (Å²) in [6.07, 6.45) is -0.623. The first kappa shape index (κ1) is 22.7. The van der Waals surface area contributed by atoms with Crippen molar-refractivity contribution in [1.82, 2.24) is 9.80 Å². The van der Waals surface area contributed by atoms with Gasteiger partial charge in [0.1, 0.15) is 5.75 Å². The van der Waals surface area contributed by atoms with Gasteiger partial charge in [0.05, 0.1) is 6.61 Å². The van der Waals surface area contributed by atoms with E-state index in [0.717, 1.165) is 0 Å². The molecule has 0 bridgehead atoms. The molecule has 0 saturated carbocycles. The summed E-state index contributed by atoms with van der Waals surface area (Å²) in [6, 6.07) is 14.2. The van der Waals surface area contributed by atoms with E-state index in [4.69, 9.17) is 25.8 Å². The first-order valence-electron chi connectivity index (χ1n) is 10.3. The molecule has 0 aliphatic carbocycles. The summed E-state index contributed by atoms with van der Waals surface area (Å²) < 4.78 is 16.9. The van der Waals surface area contributed by atoms with E-state index in [-0.39, 0.29) is 18.4 Å². The van der Waals surface area contributed by atoms with Crippen molar-refractivity contribution < 1.29 is 23.8 Å². The molecule has 1 aliphatic heterocycles. The van der Waals surface area contributed by atoms with E-state index >= 15 is 0 Å². The van der Waals surface area contributed by atoms with Gasteiger partial charge < -0.3 is 24.0 Å². The lowest BCUT2D eigenvalue weighted by atomic mass is 10.2. The van der Waals surface area contributed by atoms with Gasteiger partial charge in [-0.25, -0.2) is 0 Å². The maximum Gasteiger partial charge on any atom is 0.263 e. The molecule has 1 aliphatic rings. The van der Waals surface area contributed by atoms with Crippen LogP contribution in [-0.2, 0) is 9.59 Å². The number of nitrogens with zero attached hydrogens (tertiary/aromatic N) is 2. The Morgan fingerprint density at radius 3 is 2.13 bits per heavy atom. The smallest absolute Gasteiger partial charge is 0.263 e. The van der Waals surface area contributed by atoms with Gasteiger partial charge in [0.2, 0.25) is 0 Å². The summed E-state index contributed by atoms with van der Waals surface area (Å²) >= 11 is 5.87. The SMILES string of the molecule is CCOc1ccccc1OCC(=O)N1CCN(C(=O)C(C)Oc2ccc(Cl)cc2)CC1. The molecular formula is C23H27ClN2O5. The number of amides is 2. The number of ether oxygens (including phenoxy) is 3. The first-order valence-corrected chi connectivity index (χ1v) is 10.7. The molecule has 0 aromatic heterocycles. The number of rotatable bonds is 8. The van der Waals surface area contributed by atoms with Gasteiger partial charge in [-0.1, -0.05) is 23.7 Å². The van der Waals surface area contributed by atoms with Crippen LogP contribution in [-0.4, -0.2) is 67.1 Å². The molecule has 1 heterocycles. The highest BCUT2D eigenvalue weighted by Crippen LogP contribution is 2.26. The van der Waals surface area contributed by atoms with E-state index in [1.807, 2.05) is 19.1 Å². The van der Waals surface area contributed by atoms with E-state index in [1.54, 1.807) is 53.1 Å². The Bertz CT molecular complexity index is 882. The lowest BCUT2D eigenvalue weighted by Gasteiger charge is -2.35. The van der Waals surface area contributed by atoms with Gasteiger partial charge in [-0.3, -0.25) is 9.59 Å². The summed E-state index contributed by atoms with van der Waals surface area (Å²) in [7, 11) is 0. The molecule has 31 heavy (non-hydrogen) atoms. The third kappa shape index (κ3) is 6.28. The van der Waals surface area contributed by atoms with Crippen LogP contribution >= 0.6 is 11.6 Å². The second kappa shape index (κ2) is 10.9. The van der Waals surface area contributed by atoms with E-state index in [2.05, 4.69) is 0 Å². The molecule has 1 unspecified atom stereocenters. The summed E-state index contributed by atoms with van der Waals surface area (Å²) in [5.41, 5.74) is 0. The van der Waals surface area contributed by atoms with Crippen molar-refractivity contribution in [3.05, 3.63) is 53.6 Å². The molecule has 7 nitrogen and oxygen atoms in total. The molecule has 3 rings (SSSR count). The van der Waals surface area contributed by atoms with Crippen LogP contribution in [0.5, 0.6) is 17.2 Å². The molecule has 0 spiro atoms. The fourth-order valence-corrected chi connectivity index (χ4v) is 3.40. The predicted octanol–water partition coefficient (Wildman–Crippen LogP) is 3.26.